The van der Waals surface area contributed by atoms with Crippen molar-refractivity contribution in [1.82, 2.24) is 10.2 Å². The molecule has 5 nitrogen and oxygen atoms in total. The highest BCUT2D eigenvalue weighted by Gasteiger charge is 2.28. The lowest BCUT2D eigenvalue weighted by Gasteiger charge is -2.31. The highest BCUT2D eigenvalue weighted by Crippen LogP contribution is 2.24. The van der Waals surface area contributed by atoms with Crippen LogP contribution in [0.5, 0.6) is 0 Å². The Morgan fingerprint density at radius 3 is 2.19 bits per heavy atom. The van der Waals surface area contributed by atoms with Gasteiger partial charge in [0, 0.05) is 19.1 Å². The Balaban J connectivity index is 2.61. The van der Waals surface area contributed by atoms with E-state index in [-0.39, 0.29) is 18.5 Å². The lowest BCUT2D eigenvalue weighted by Crippen LogP contribution is -2.48. The second-order valence-corrected chi connectivity index (χ2v) is 6.86. The molecule has 0 aromatic carbocycles. The first-order valence-corrected chi connectivity index (χ1v) is 8.10. The molecule has 1 unspecified atom stereocenters. The number of rotatable bonds is 7. The zero-order chi connectivity index (χ0) is 16.0. The van der Waals surface area contributed by atoms with Gasteiger partial charge >= 0.3 is 12.0 Å². The molecule has 21 heavy (non-hydrogen) atoms. The lowest BCUT2D eigenvalue weighted by atomic mass is 9.96. The summed E-state index contributed by atoms with van der Waals surface area (Å²) in [4.78, 5) is 25.5. The van der Waals surface area contributed by atoms with Crippen LogP contribution in [0.3, 0.4) is 0 Å². The van der Waals surface area contributed by atoms with Crippen molar-refractivity contribution < 1.29 is 14.7 Å². The van der Waals surface area contributed by atoms with Crippen LogP contribution >= 0.6 is 0 Å². The van der Waals surface area contributed by atoms with E-state index in [9.17, 15) is 14.7 Å². The van der Waals surface area contributed by atoms with Gasteiger partial charge < -0.3 is 15.3 Å². The number of nitrogens with zero attached hydrogens (tertiary/aromatic N) is 1. The third-order valence-corrected chi connectivity index (χ3v) is 4.18. The van der Waals surface area contributed by atoms with Crippen molar-refractivity contribution in [3.05, 3.63) is 0 Å². The van der Waals surface area contributed by atoms with Crippen molar-refractivity contribution >= 4 is 12.0 Å². The van der Waals surface area contributed by atoms with Gasteiger partial charge in [-0.15, -0.1) is 0 Å². The largest absolute Gasteiger partial charge is 0.481 e. The van der Waals surface area contributed by atoms with Crippen LogP contribution in [0.1, 0.15) is 53.4 Å². The minimum atomic E-state index is -0.846. The highest BCUT2D eigenvalue weighted by molar-refractivity contribution is 5.76. The fraction of sp³-hybridized carbons (Fsp3) is 0.875. The van der Waals surface area contributed by atoms with E-state index >= 15 is 0 Å². The molecule has 1 saturated carbocycles. The standard InChI is InChI=1S/C16H30N2O3/c1-11(2)10-18(13-7-5-6-8-13)16(21)17-9-14(12(3)4)15(19)20/h11-14H,5-10H2,1-4H3,(H,17,21)(H,19,20). The summed E-state index contributed by atoms with van der Waals surface area (Å²) >= 11 is 0. The van der Waals surface area contributed by atoms with E-state index < -0.39 is 11.9 Å². The molecule has 0 aliphatic heterocycles. The predicted molar refractivity (Wildman–Crippen MR) is 83.2 cm³/mol. The predicted octanol–water partition coefficient (Wildman–Crippen LogP) is 2.95. The number of carbonyl (C=O) groups is 2. The molecule has 1 aliphatic rings. The number of hydrogen-bond acceptors (Lipinski definition) is 2. The van der Waals surface area contributed by atoms with Crippen molar-refractivity contribution in [2.24, 2.45) is 17.8 Å². The number of hydrogen-bond donors (Lipinski definition) is 2. The molecule has 2 N–H and O–H groups in total. The Kier molecular flexibility index (Phi) is 6.99. The molecular formula is C16H30N2O3. The Morgan fingerprint density at radius 2 is 1.76 bits per heavy atom. The zero-order valence-electron chi connectivity index (χ0n) is 13.8. The second-order valence-electron chi connectivity index (χ2n) is 6.86. The quantitative estimate of drug-likeness (QED) is 0.759. The molecule has 1 atom stereocenters. The number of amides is 2. The van der Waals surface area contributed by atoms with Gasteiger partial charge in [0.25, 0.3) is 0 Å². The summed E-state index contributed by atoms with van der Waals surface area (Å²) in [5.74, 6) is -0.954. The second kappa shape index (κ2) is 8.25. The van der Waals surface area contributed by atoms with Gasteiger partial charge in [0.1, 0.15) is 0 Å². The smallest absolute Gasteiger partial charge is 0.317 e. The van der Waals surface area contributed by atoms with Crippen LogP contribution in [0.25, 0.3) is 0 Å². The number of carboxylic acid groups (broad SMARTS) is 1. The number of nitrogens with one attached hydrogen (secondary N) is 1. The van der Waals surface area contributed by atoms with Crippen molar-refractivity contribution in [1.29, 1.82) is 0 Å². The maximum absolute atomic E-state index is 12.4. The average molecular weight is 298 g/mol. The first kappa shape index (κ1) is 17.8. The van der Waals surface area contributed by atoms with Crippen LogP contribution in [-0.4, -0.2) is 41.1 Å². The monoisotopic (exact) mass is 298 g/mol. The first-order chi connectivity index (χ1) is 9.82. The first-order valence-electron chi connectivity index (χ1n) is 8.10. The molecule has 0 bridgehead atoms. The molecule has 1 rings (SSSR count). The van der Waals surface area contributed by atoms with E-state index in [0.29, 0.717) is 12.0 Å². The molecule has 1 fully saturated rings. The molecule has 122 valence electrons. The Bertz CT molecular complexity index is 349. The molecule has 2 amide bonds. The summed E-state index contributed by atoms with van der Waals surface area (Å²) < 4.78 is 0. The molecule has 5 heteroatoms. The van der Waals surface area contributed by atoms with E-state index in [1.807, 2.05) is 18.7 Å². The van der Waals surface area contributed by atoms with Gasteiger partial charge in [-0.05, 0) is 24.7 Å². The number of carboxylic acids is 1. The fourth-order valence-electron chi connectivity index (χ4n) is 2.91. The van der Waals surface area contributed by atoms with Crippen molar-refractivity contribution in [2.75, 3.05) is 13.1 Å². The molecule has 1 aliphatic carbocycles. The normalized spacial score (nSPS) is 17.2. The van der Waals surface area contributed by atoms with E-state index in [4.69, 9.17) is 0 Å². The summed E-state index contributed by atoms with van der Waals surface area (Å²) in [7, 11) is 0. The molecule has 0 spiro atoms. The summed E-state index contributed by atoms with van der Waals surface area (Å²) in [6.07, 6.45) is 4.48. The third kappa shape index (κ3) is 5.56. The van der Waals surface area contributed by atoms with Gasteiger partial charge in [0.15, 0.2) is 0 Å². The van der Waals surface area contributed by atoms with E-state index in [0.717, 1.165) is 19.4 Å². The molecule has 0 aromatic rings. The maximum Gasteiger partial charge on any atom is 0.317 e. The van der Waals surface area contributed by atoms with Crippen LogP contribution in [0.4, 0.5) is 4.79 Å². The number of urea groups is 1. The fourth-order valence-corrected chi connectivity index (χ4v) is 2.91. The van der Waals surface area contributed by atoms with Crippen LogP contribution in [0, 0.1) is 17.8 Å². The molecule has 0 saturated heterocycles. The molecule has 0 heterocycles. The topological polar surface area (TPSA) is 69.6 Å². The van der Waals surface area contributed by atoms with Crippen molar-refractivity contribution in [3.63, 3.8) is 0 Å². The van der Waals surface area contributed by atoms with Gasteiger partial charge in [0.2, 0.25) is 0 Å². The number of aliphatic carboxylic acids is 1. The minimum absolute atomic E-state index is 0.00725. The lowest BCUT2D eigenvalue weighted by molar-refractivity contribution is -0.142. The summed E-state index contributed by atoms with van der Waals surface area (Å²) in [5, 5.41) is 12.0. The van der Waals surface area contributed by atoms with Gasteiger partial charge in [-0.1, -0.05) is 40.5 Å². The molecule has 0 radical (unpaired) electrons. The summed E-state index contributed by atoms with van der Waals surface area (Å²) in [6.45, 7) is 8.87. The SMILES string of the molecule is CC(C)CN(C(=O)NCC(C(=O)O)C(C)C)C1CCCC1. The van der Waals surface area contributed by atoms with Crippen LogP contribution in [0.2, 0.25) is 0 Å². The average Bonchev–Trinajstić information content (AvgIpc) is 2.88. The van der Waals surface area contributed by atoms with E-state index in [1.54, 1.807) is 0 Å². The van der Waals surface area contributed by atoms with E-state index in [2.05, 4.69) is 19.2 Å². The Morgan fingerprint density at radius 1 is 1.19 bits per heavy atom. The van der Waals surface area contributed by atoms with E-state index in [1.165, 1.54) is 12.8 Å². The molecular weight excluding hydrogens is 268 g/mol. The summed E-state index contributed by atoms with van der Waals surface area (Å²) in [6, 6.07) is 0.206. The Labute approximate surface area is 128 Å². The van der Waals surface area contributed by atoms with Crippen LogP contribution < -0.4 is 5.32 Å². The van der Waals surface area contributed by atoms with Gasteiger partial charge in [0.05, 0.1) is 5.92 Å². The van der Waals surface area contributed by atoms with Crippen LogP contribution in [-0.2, 0) is 4.79 Å². The van der Waals surface area contributed by atoms with Crippen molar-refractivity contribution in [2.45, 2.75) is 59.4 Å². The van der Waals surface area contributed by atoms with Crippen LogP contribution in [0.15, 0.2) is 0 Å². The Hall–Kier alpha value is -1.26. The highest BCUT2D eigenvalue weighted by atomic mass is 16.4. The third-order valence-electron chi connectivity index (χ3n) is 4.18. The van der Waals surface area contributed by atoms with Gasteiger partial charge in [-0.3, -0.25) is 4.79 Å². The number of carbonyl (C=O) groups excluding carboxylic acids is 1. The molecule has 0 aromatic heterocycles. The zero-order valence-corrected chi connectivity index (χ0v) is 13.8. The van der Waals surface area contributed by atoms with Gasteiger partial charge in [-0.25, -0.2) is 4.79 Å². The minimum Gasteiger partial charge on any atom is -0.481 e. The summed E-state index contributed by atoms with van der Waals surface area (Å²) in [5.41, 5.74) is 0. The van der Waals surface area contributed by atoms with Crippen molar-refractivity contribution in [3.8, 4) is 0 Å². The van der Waals surface area contributed by atoms with Gasteiger partial charge in [-0.2, -0.15) is 0 Å². The maximum atomic E-state index is 12.4.